The number of nitrogens with one attached hydrogen (secondary N) is 1. The van der Waals surface area contributed by atoms with E-state index in [-0.39, 0.29) is 12.6 Å². The van der Waals surface area contributed by atoms with Gasteiger partial charge in [0.15, 0.2) is 0 Å². The normalized spacial score (nSPS) is 22.2. The third kappa shape index (κ3) is 5.82. The van der Waals surface area contributed by atoms with E-state index in [1.165, 1.54) is 12.8 Å². The lowest BCUT2D eigenvalue weighted by Crippen LogP contribution is -2.39. The van der Waals surface area contributed by atoms with Crippen molar-refractivity contribution in [3.8, 4) is 0 Å². The fraction of sp³-hybridized carbons (Fsp3) is 1.00. The first kappa shape index (κ1) is 14.9. The molecule has 2 unspecified atom stereocenters. The fourth-order valence-electron chi connectivity index (χ4n) is 2.34. The van der Waals surface area contributed by atoms with Crippen molar-refractivity contribution in [2.45, 2.75) is 45.3 Å². The maximum Gasteiger partial charge on any atom is 0.0702 e. The number of hydrogen-bond acceptors (Lipinski definition) is 4. The highest BCUT2D eigenvalue weighted by molar-refractivity contribution is 4.72. The Kier molecular flexibility index (Phi) is 7.77. The van der Waals surface area contributed by atoms with Crippen LogP contribution in [0.2, 0.25) is 0 Å². The average Bonchev–Trinajstić information content (AvgIpc) is 2.85. The van der Waals surface area contributed by atoms with Gasteiger partial charge in [-0.05, 0) is 38.9 Å². The summed E-state index contributed by atoms with van der Waals surface area (Å²) >= 11 is 0. The van der Waals surface area contributed by atoms with Crippen LogP contribution in [-0.4, -0.2) is 61.5 Å². The van der Waals surface area contributed by atoms with Gasteiger partial charge < -0.3 is 20.1 Å². The van der Waals surface area contributed by atoms with Gasteiger partial charge in [-0.25, -0.2) is 0 Å². The first-order valence-corrected chi connectivity index (χ1v) is 6.98. The standard InChI is InChI=1S/C13H28N2O2/c1-3-14-12(11-16)7-8-15(4-2)10-13-6-5-9-17-13/h12-14,16H,3-11H2,1-2H3. The van der Waals surface area contributed by atoms with E-state index in [0.717, 1.165) is 39.2 Å². The second kappa shape index (κ2) is 8.86. The molecule has 2 N–H and O–H groups in total. The summed E-state index contributed by atoms with van der Waals surface area (Å²) in [6.45, 7) is 9.48. The average molecular weight is 244 g/mol. The molecule has 0 bridgehead atoms. The van der Waals surface area contributed by atoms with Crippen LogP contribution >= 0.6 is 0 Å². The summed E-state index contributed by atoms with van der Waals surface area (Å²) in [5.41, 5.74) is 0. The summed E-state index contributed by atoms with van der Waals surface area (Å²) in [6.07, 6.45) is 3.85. The number of aliphatic hydroxyl groups excluding tert-OH is 1. The number of rotatable bonds is 9. The maximum absolute atomic E-state index is 9.22. The highest BCUT2D eigenvalue weighted by Crippen LogP contribution is 2.13. The van der Waals surface area contributed by atoms with Crippen LogP contribution in [0, 0.1) is 0 Å². The Morgan fingerprint density at radius 1 is 1.47 bits per heavy atom. The Morgan fingerprint density at radius 2 is 2.29 bits per heavy atom. The van der Waals surface area contributed by atoms with Crippen molar-refractivity contribution in [3.63, 3.8) is 0 Å². The molecule has 0 aromatic heterocycles. The smallest absolute Gasteiger partial charge is 0.0702 e. The molecular weight excluding hydrogens is 216 g/mol. The summed E-state index contributed by atoms with van der Waals surface area (Å²) in [5.74, 6) is 0. The number of hydrogen-bond donors (Lipinski definition) is 2. The van der Waals surface area contributed by atoms with E-state index in [0.29, 0.717) is 6.10 Å². The quantitative estimate of drug-likeness (QED) is 0.631. The molecule has 1 fully saturated rings. The summed E-state index contributed by atoms with van der Waals surface area (Å²) in [6, 6.07) is 0.235. The lowest BCUT2D eigenvalue weighted by molar-refractivity contribution is 0.0725. The lowest BCUT2D eigenvalue weighted by atomic mass is 10.2. The van der Waals surface area contributed by atoms with E-state index >= 15 is 0 Å². The highest BCUT2D eigenvalue weighted by Gasteiger charge is 2.18. The molecule has 0 aliphatic carbocycles. The number of likely N-dealkylation sites (N-methyl/N-ethyl adjacent to an activating group) is 2. The van der Waals surface area contributed by atoms with E-state index in [9.17, 15) is 5.11 Å². The predicted molar refractivity (Wildman–Crippen MR) is 70.3 cm³/mol. The molecule has 102 valence electrons. The summed E-state index contributed by atoms with van der Waals surface area (Å²) in [5, 5.41) is 12.5. The molecule has 4 heteroatoms. The van der Waals surface area contributed by atoms with Gasteiger partial charge >= 0.3 is 0 Å². The minimum absolute atomic E-state index is 0.228. The van der Waals surface area contributed by atoms with Crippen molar-refractivity contribution in [1.29, 1.82) is 0 Å². The molecule has 0 aromatic rings. The topological polar surface area (TPSA) is 44.7 Å². The maximum atomic E-state index is 9.22. The highest BCUT2D eigenvalue weighted by atomic mass is 16.5. The summed E-state index contributed by atoms with van der Waals surface area (Å²) in [7, 11) is 0. The first-order chi connectivity index (χ1) is 8.30. The Morgan fingerprint density at radius 3 is 2.82 bits per heavy atom. The van der Waals surface area contributed by atoms with Gasteiger partial charge in [-0.15, -0.1) is 0 Å². The molecule has 4 nitrogen and oxygen atoms in total. The molecule has 1 rings (SSSR count). The van der Waals surface area contributed by atoms with Crippen LogP contribution in [0.15, 0.2) is 0 Å². The van der Waals surface area contributed by atoms with Crippen molar-refractivity contribution in [2.24, 2.45) is 0 Å². The molecule has 17 heavy (non-hydrogen) atoms. The van der Waals surface area contributed by atoms with Gasteiger partial charge in [0.05, 0.1) is 12.7 Å². The Hall–Kier alpha value is -0.160. The molecule has 0 amide bonds. The van der Waals surface area contributed by atoms with Crippen LogP contribution in [0.4, 0.5) is 0 Å². The molecule has 2 atom stereocenters. The zero-order valence-electron chi connectivity index (χ0n) is 11.3. The van der Waals surface area contributed by atoms with E-state index < -0.39 is 0 Å². The summed E-state index contributed by atoms with van der Waals surface area (Å²) in [4.78, 5) is 2.43. The number of nitrogens with zero attached hydrogens (tertiary/aromatic N) is 1. The molecule has 1 heterocycles. The number of ether oxygens (including phenoxy) is 1. The van der Waals surface area contributed by atoms with Gasteiger partial charge in [0.1, 0.15) is 0 Å². The fourth-order valence-corrected chi connectivity index (χ4v) is 2.34. The van der Waals surface area contributed by atoms with Crippen molar-refractivity contribution in [2.75, 3.05) is 39.4 Å². The third-order valence-corrected chi connectivity index (χ3v) is 3.44. The minimum atomic E-state index is 0.228. The molecular formula is C13H28N2O2. The minimum Gasteiger partial charge on any atom is -0.395 e. The monoisotopic (exact) mass is 244 g/mol. The molecule has 0 saturated carbocycles. The van der Waals surface area contributed by atoms with Crippen LogP contribution in [0.25, 0.3) is 0 Å². The van der Waals surface area contributed by atoms with E-state index in [4.69, 9.17) is 4.74 Å². The zero-order chi connectivity index (χ0) is 12.5. The molecule has 0 radical (unpaired) electrons. The van der Waals surface area contributed by atoms with Crippen LogP contribution in [-0.2, 0) is 4.74 Å². The van der Waals surface area contributed by atoms with E-state index in [1.807, 2.05) is 0 Å². The predicted octanol–water partition coefficient (Wildman–Crippen LogP) is 0.848. The summed E-state index contributed by atoms with van der Waals surface area (Å²) < 4.78 is 5.66. The zero-order valence-corrected chi connectivity index (χ0v) is 11.3. The molecule has 1 aliphatic rings. The van der Waals surface area contributed by atoms with Gasteiger partial charge in [0, 0.05) is 19.2 Å². The van der Waals surface area contributed by atoms with E-state index in [1.54, 1.807) is 0 Å². The van der Waals surface area contributed by atoms with Gasteiger partial charge in [-0.3, -0.25) is 0 Å². The largest absolute Gasteiger partial charge is 0.395 e. The Bertz CT molecular complexity index is 184. The van der Waals surface area contributed by atoms with Crippen LogP contribution in [0.5, 0.6) is 0 Å². The second-order valence-electron chi connectivity index (χ2n) is 4.75. The van der Waals surface area contributed by atoms with Crippen molar-refractivity contribution >= 4 is 0 Å². The van der Waals surface area contributed by atoms with E-state index in [2.05, 4.69) is 24.1 Å². The van der Waals surface area contributed by atoms with Crippen LogP contribution in [0.3, 0.4) is 0 Å². The van der Waals surface area contributed by atoms with Crippen LogP contribution < -0.4 is 5.32 Å². The molecule has 0 aromatic carbocycles. The SMILES string of the molecule is CCNC(CO)CCN(CC)CC1CCCO1. The molecule has 0 spiro atoms. The number of aliphatic hydroxyl groups is 1. The first-order valence-electron chi connectivity index (χ1n) is 6.98. The van der Waals surface area contributed by atoms with Gasteiger partial charge in [-0.2, -0.15) is 0 Å². The third-order valence-electron chi connectivity index (χ3n) is 3.44. The van der Waals surface area contributed by atoms with Gasteiger partial charge in [0.25, 0.3) is 0 Å². The van der Waals surface area contributed by atoms with Crippen molar-refractivity contribution in [3.05, 3.63) is 0 Å². The van der Waals surface area contributed by atoms with Gasteiger partial charge in [-0.1, -0.05) is 13.8 Å². The molecule has 1 aliphatic heterocycles. The van der Waals surface area contributed by atoms with Gasteiger partial charge in [0.2, 0.25) is 0 Å². The van der Waals surface area contributed by atoms with Crippen LogP contribution in [0.1, 0.15) is 33.1 Å². The second-order valence-corrected chi connectivity index (χ2v) is 4.75. The van der Waals surface area contributed by atoms with Crippen molar-refractivity contribution < 1.29 is 9.84 Å². The lowest BCUT2D eigenvalue weighted by Gasteiger charge is -2.25. The Balaban J connectivity index is 2.20. The van der Waals surface area contributed by atoms with Crippen molar-refractivity contribution in [1.82, 2.24) is 10.2 Å². The molecule has 1 saturated heterocycles. The Labute approximate surface area is 105 Å².